The molecule has 0 radical (unpaired) electrons. The van der Waals surface area contributed by atoms with Crippen molar-refractivity contribution in [3.05, 3.63) is 57.9 Å². The van der Waals surface area contributed by atoms with Crippen molar-refractivity contribution in [2.45, 2.75) is 0 Å². The van der Waals surface area contributed by atoms with Crippen LogP contribution in [0.5, 0.6) is 46.0 Å². The Kier molecular flexibility index (Phi) is 6.95. The van der Waals surface area contributed by atoms with E-state index in [1.807, 2.05) is 21.5 Å². The maximum atomic E-state index is 6.15. The normalized spacial score (nSPS) is 15.8. The van der Waals surface area contributed by atoms with Gasteiger partial charge in [-0.15, -0.1) is 45.3 Å². The first-order valence-electron chi connectivity index (χ1n) is 15.6. The highest BCUT2D eigenvalue weighted by Gasteiger charge is 2.27. The van der Waals surface area contributed by atoms with E-state index in [1.54, 1.807) is 45.3 Å². The van der Waals surface area contributed by atoms with Crippen LogP contribution in [-0.2, 0) is 0 Å². The van der Waals surface area contributed by atoms with Crippen LogP contribution in [0.25, 0.3) is 52.9 Å². The molecule has 242 valence electrons. The number of thiophene rings is 4. The van der Waals surface area contributed by atoms with Crippen molar-refractivity contribution in [1.82, 2.24) is 0 Å². The fourth-order valence-electron chi connectivity index (χ4n) is 6.36. The molecular weight excluding hydrogens is 689 g/mol. The zero-order valence-corrected chi connectivity index (χ0v) is 28.6. The first-order valence-corrected chi connectivity index (χ1v) is 19.1. The Morgan fingerprint density at radius 1 is 0.292 bits per heavy atom. The Labute approximate surface area is 291 Å². The summed E-state index contributed by atoms with van der Waals surface area (Å²) in [7, 11) is 0. The smallest absolute Gasteiger partial charge is 0.179 e. The molecule has 0 saturated carbocycles. The summed E-state index contributed by atoms with van der Waals surface area (Å²) in [6, 6.07) is 13.4. The first-order chi connectivity index (χ1) is 23.8. The number of rotatable bonds is 5. The molecular formula is C36H26O8S4. The summed E-state index contributed by atoms with van der Waals surface area (Å²) in [5.41, 5.74) is 6.27. The molecule has 4 aliphatic heterocycles. The minimum absolute atomic E-state index is 0.520. The maximum absolute atomic E-state index is 6.15. The van der Waals surface area contributed by atoms with Gasteiger partial charge in [0.25, 0.3) is 0 Å². The molecule has 10 rings (SSSR count). The molecule has 8 heterocycles. The molecule has 0 atom stereocenters. The molecule has 0 amide bonds. The van der Waals surface area contributed by atoms with Crippen molar-refractivity contribution in [3.63, 3.8) is 0 Å². The van der Waals surface area contributed by atoms with Gasteiger partial charge in [0.1, 0.15) is 52.9 Å². The molecule has 8 nitrogen and oxygen atoms in total. The SMILES string of the molecule is c1c(-c2cc(-c3scc4c3OCCO4)cc(-c3scc4c3OCCO4)c2)cc(-c2scc3c2OCCO3)cc1-c1scc2c1OCCO2. The number of hydrogen-bond donors (Lipinski definition) is 0. The van der Waals surface area contributed by atoms with E-state index in [4.69, 9.17) is 37.9 Å². The zero-order chi connectivity index (χ0) is 31.6. The fraction of sp³-hybridized carbons (Fsp3) is 0.222. The average molecular weight is 715 g/mol. The van der Waals surface area contributed by atoms with Gasteiger partial charge < -0.3 is 37.9 Å². The number of fused-ring (bicyclic) bond motifs is 4. The van der Waals surface area contributed by atoms with Crippen molar-refractivity contribution in [2.75, 3.05) is 52.9 Å². The predicted octanol–water partition coefficient (Wildman–Crippen LogP) is 9.35. The fourth-order valence-corrected chi connectivity index (χ4v) is 10.0. The molecule has 2 aromatic carbocycles. The van der Waals surface area contributed by atoms with E-state index in [2.05, 4.69) is 36.4 Å². The molecule has 0 unspecified atom stereocenters. The second-order valence-electron chi connectivity index (χ2n) is 11.4. The van der Waals surface area contributed by atoms with Crippen molar-refractivity contribution in [1.29, 1.82) is 0 Å². The lowest BCUT2D eigenvalue weighted by molar-refractivity contribution is 0.174. The summed E-state index contributed by atoms with van der Waals surface area (Å²) >= 11 is 6.52. The lowest BCUT2D eigenvalue weighted by atomic mass is 9.94. The Morgan fingerprint density at radius 3 is 0.792 bits per heavy atom. The van der Waals surface area contributed by atoms with Crippen LogP contribution in [0.2, 0.25) is 0 Å². The van der Waals surface area contributed by atoms with E-state index < -0.39 is 0 Å². The topological polar surface area (TPSA) is 73.8 Å². The molecule has 0 saturated heterocycles. The van der Waals surface area contributed by atoms with E-state index in [9.17, 15) is 0 Å². The summed E-state index contributed by atoms with van der Waals surface area (Å²) < 4.78 is 48.3. The summed E-state index contributed by atoms with van der Waals surface area (Å²) in [5, 5.41) is 8.12. The average Bonchev–Trinajstić information content (AvgIpc) is 3.95. The van der Waals surface area contributed by atoms with Gasteiger partial charge in [-0.3, -0.25) is 0 Å². The largest absolute Gasteiger partial charge is 0.485 e. The van der Waals surface area contributed by atoms with Gasteiger partial charge in [-0.2, -0.15) is 0 Å². The molecule has 12 heteroatoms. The summed E-state index contributed by atoms with van der Waals surface area (Å²) in [6.45, 7) is 4.27. The van der Waals surface area contributed by atoms with Crippen molar-refractivity contribution < 1.29 is 37.9 Å². The predicted molar refractivity (Wildman–Crippen MR) is 189 cm³/mol. The van der Waals surface area contributed by atoms with E-state index in [-0.39, 0.29) is 0 Å². The zero-order valence-electron chi connectivity index (χ0n) is 25.3. The minimum Gasteiger partial charge on any atom is -0.485 e. The van der Waals surface area contributed by atoms with E-state index in [0.717, 1.165) is 98.9 Å². The van der Waals surface area contributed by atoms with Gasteiger partial charge >= 0.3 is 0 Å². The van der Waals surface area contributed by atoms with Gasteiger partial charge in [0, 0.05) is 21.5 Å². The van der Waals surface area contributed by atoms with Gasteiger partial charge in [-0.25, -0.2) is 0 Å². The van der Waals surface area contributed by atoms with Gasteiger partial charge in [-0.1, -0.05) is 0 Å². The van der Waals surface area contributed by atoms with Crippen LogP contribution >= 0.6 is 45.3 Å². The lowest BCUT2D eigenvalue weighted by Crippen LogP contribution is -2.14. The van der Waals surface area contributed by atoms with Gasteiger partial charge in [0.2, 0.25) is 0 Å². The number of hydrogen-bond acceptors (Lipinski definition) is 12. The van der Waals surface area contributed by atoms with Crippen LogP contribution < -0.4 is 37.9 Å². The van der Waals surface area contributed by atoms with Gasteiger partial charge in [-0.05, 0) is 69.8 Å². The molecule has 0 aliphatic carbocycles. The van der Waals surface area contributed by atoms with Crippen LogP contribution in [0.3, 0.4) is 0 Å². The Hall–Kier alpha value is -4.36. The van der Waals surface area contributed by atoms with E-state index >= 15 is 0 Å². The van der Waals surface area contributed by atoms with Gasteiger partial charge in [0.15, 0.2) is 46.0 Å². The molecule has 0 fully saturated rings. The summed E-state index contributed by atoms with van der Waals surface area (Å²) in [4.78, 5) is 4.12. The lowest BCUT2D eigenvalue weighted by Gasteiger charge is -2.19. The Balaban J connectivity index is 1.19. The van der Waals surface area contributed by atoms with Gasteiger partial charge in [0.05, 0.1) is 19.5 Å². The second-order valence-corrected chi connectivity index (χ2v) is 14.9. The number of benzene rings is 2. The number of ether oxygens (including phenoxy) is 8. The minimum atomic E-state index is 0.520. The van der Waals surface area contributed by atoms with E-state index in [0.29, 0.717) is 52.9 Å². The van der Waals surface area contributed by atoms with Crippen LogP contribution in [-0.4, -0.2) is 52.9 Å². The molecule has 4 aliphatic rings. The van der Waals surface area contributed by atoms with Crippen molar-refractivity contribution in [2.24, 2.45) is 0 Å². The first kappa shape index (κ1) is 28.6. The molecule has 6 aromatic rings. The maximum Gasteiger partial charge on any atom is 0.179 e. The third kappa shape index (κ3) is 4.80. The van der Waals surface area contributed by atoms with Crippen LogP contribution in [0.15, 0.2) is 57.9 Å². The molecule has 4 aromatic heterocycles. The molecule has 0 spiro atoms. The highest BCUT2D eigenvalue weighted by Crippen LogP contribution is 2.53. The second kappa shape index (κ2) is 11.7. The highest BCUT2D eigenvalue weighted by molar-refractivity contribution is 7.15. The quantitative estimate of drug-likeness (QED) is 0.175. The summed E-state index contributed by atoms with van der Waals surface area (Å²) in [5.74, 6) is 6.33. The monoisotopic (exact) mass is 714 g/mol. The standard InChI is InChI=1S/C36H26O8S4/c1-5-41-29-25(37-1)15-45-33(29)21-9-19(10-22(13-21)34-30-26(16-46-34)38-2-6-42-30)20-11-23(35-31-27(17-47-35)39-3-7-43-31)14-24(12-20)36-32-28(18-48-36)40-4-8-44-32/h9-18H,1-8H2. The highest BCUT2D eigenvalue weighted by atomic mass is 32.1. The van der Waals surface area contributed by atoms with Crippen LogP contribution in [0, 0.1) is 0 Å². The third-order valence-electron chi connectivity index (χ3n) is 8.45. The van der Waals surface area contributed by atoms with Crippen molar-refractivity contribution >= 4 is 45.3 Å². The molecule has 0 bridgehead atoms. The molecule has 48 heavy (non-hydrogen) atoms. The third-order valence-corrected chi connectivity index (χ3v) is 12.4. The molecule has 0 N–H and O–H groups in total. The van der Waals surface area contributed by atoms with Crippen LogP contribution in [0.1, 0.15) is 0 Å². The van der Waals surface area contributed by atoms with E-state index in [1.165, 1.54) is 0 Å². The summed E-state index contributed by atoms with van der Waals surface area (Å²) in [6.07, 6.45) is 0. The van der Waals surface area contributed by atoms with Crippen LogP contribution in [0.4, 0.5) is 0 Å². The Bertz CT molecular complexity index is 1890. The van der Waals surface area contributed by atoms with Crippen molar-refractivity contribution in [3.8, 4) is 98.9 Å². The Morgan fingerprint density at radius 2 is 0.521 bits per heavy atom.